The summed E-state index contributed by atoms with van der Waals surface area (Å²) in [5, 5.41) is 2.91. The quantitative estimate of drug-likeness (QED) is 0.690. The fraction of sp³-hybridized carbons (Fsp3) is 0.263. The molecule has 8 heteroatoms. The minimum atomic E-state index is -3.32. The van der Waals surface area contributed by atoms with Crippen LogP contribution in [0, 0.1) is 6.92 Å². The Labute approximate surface area is 162 Å². The van der Waals surface area contributed by atoms with Crippen molar-refractivity contribution in [2.45, 2.75) is 19.5 Å². The monoisotopic (exact) mass is 405 g/mol. The van der Waals surface area contributed by atoms with Gasteiger partial charge in [0.05, 0.1) is 11.8 Å². The summed E-state index contributed by atoms with van der Waals surface area (Å²) in [5.74, 6) is -1.15. The van der Waals surface area contributed by atoms with Crippen LogP contribution in [0.3, 0.4) is 0 Å². The lowest BCUT2D eigenvalue weighted by atomic mass is 10.2. The van der Waals surface area contributed by atoms with Gasteiger partial charge in [0.15, 0.2) is 16.4 Å². The Morgan fingerprint density at radius 2 is 1.96 bits per heavy atom. The average molecular weight is 405 g/mol. The first-order valence-electron chi connectivity index (χ1n) is 8.31. The van der Waals surface area contributed by atoms with E-state index < -0.39 is 34.4 Å². The number of hydrogen-bond acceptors (Lipinski definition) is 6. The van der Waals surface area contributed by atoms with E-state index in [0.29, 0.717) is 4.88 Å². The molecular weight excluding hydrogens is 386 g/mol. The van der Waals surface area contributed by atoms with Crippen LogP contribution in [0.5, 0.6) is 0 Å². The maximum absolute atomic E-state index is 12.7. The number of hydrogen-bond donors (Lipinski definition) is 0. The zero-order valence-corrected chi connectivity index (χ0v) is 16.3. The van der Waals surface area contributed by atoms with E-state index in [-0.39, 0.29) is 12.3 Å². The van der Waals surface area contributed by atoms with E-state index in [1.54, 1.807) is 18.4 Å². The normalized spacial score (nSPS) is 17.6. The van der Waals surface area contributed by atoms with Gasteiger partial charge < -0.3 is 9.64 Å². The highest BCUT2D eigenvalue weighted by Crippen LogP contribution is 2.19. The fourth-order valence-corrected chi connectivity index (χ4v) is 4.90. The molecule has 1 aromatic carbocycles. The summed E-state index contributed by atoms with van der Waals surface area (Å²) in [5.41, 5.74) is 1.66. The van der Waals surface area contributed by atoms with Crippen LogP contribution in [0.1, 0.15) is 20.8 Å². The van der Waals surface area contributed by atoms with E-state index >= 15 is 0 Å². The van der Waals surface area contributed by atoms with Crippen molar-refractivity contribution in [3.63, 3.8) is 0 Å². The third-order valence-electron chi connectivity index (χ3n) is 4.20. The molecule has 0 spiro atoms. The number of nitrogens with zero attached hydrogens (tertiary/aromatic N) is 1. The molecule has 1 amide bonds. The predicted molar refractivity (Wildman–Crippen MR) is 103 cm³/mol. The number of ether oxygens (including phenoxy) is 1. The number of carbonyl (C=O) groups is 2. The molecule has 0 unspecified atom stereocenters. The summed E-state index contributed by atoms with van der Waals surface area (Å²) in [7, 11) is -3.32. The van der Waals surface area contributed by atoms with Crippen LogP contribution in [0.15, 0.2) is 53.3 Å². The molecule has 1 aromatic heterocycles. The van der Waals surface area contributed by atoms with Crippen LogP contribution in [0.25, 0.3) is 0 Å². The molecule has 0 fully saturated rings. The Morgan fingerprint density at radius 3 is 2.56 bits per heavy atom. The van der Waals surface area contributed by atoms with Gasteiger partial charge in [-0.05, 0) is 35.6 Å². The highest BCUT2D eigenvalue weighted by Gasteiger charge is 2.31. The molecule has 0 N–H and O–H groups in total. The van der Waals surface area contributed by atoms with Crippen molar-refractivity contribution in [1.29, 1.82) is 0 Å². The van der Waals surface area contributed by atoms with Crippen molar-refractivity contribution in [2.75, 3.05) is 12.4 Å². The molecule has 2 aromatic rings. The average Bonchev–Trinajstić information content (AvgIpc) is 3.23. The number of thiophene rings is 1. The molecule has 1 aliphatic heterocycles. The van der Waals surface area contributed by atoms with Crippen molar-refractivity contribution in [1.82, 2.24) is 4.90 Å². The topological polar surface area (TPSA) is 80.8 Å². The molecule has 1 atom stereocenters. The Kier molecular flexibility index (Phi) is 5.76. The zero-order chi connectivity index (χ0) is 19.4. The molecule has 3 rings (SSSR count). The van der Waals surface area contributed by atoms with Gasteiger partial charge in [0.1, 0.15) is 4.88 Å². The van der Waals surface area contributed by atoms with E-state index in [1.165, 1.54) is 22.3 Å². The third kappa shape index (κ3) is 4.84. The first-order chi connectivity index (χ1) is 12.9. The number of carbonyl (C=O) groups excluding carboxylic acids is 2. The second kappa shape index (κ2) is 8.06. The molecule has 6 nitrogen and oxygen atoms in total. The molecule has 27 heavy (non-hydrogen) atoms. The van der Waals surface area contributed by atoms with Crippen LogP contribution in [0.4, 0.5) is 0 Å². The lowest BCUT2D eigenvalue weighted by molar-refractivity contribution is -0.136. The third-order valence-corrected chi connectivity index (χ3v) is 6.58. The van der Waals surface area contributed by atoms with Gasteiger partial charge in [0.2, 0.25) is 0 Å². The largest absolute Gasteiger partial charge is 0.451 e. The summed E-state index contributed by atoms with van der Waals surface area (Å²) in [6, 6.07) is 10.5. The Morgan fingerprint density at radius 1 is 1.22 bits per heavy atom. The lowest BCUT2D eigenvalue weighted by Crippen LogP contribution is -2.42. The molecule has 0 saturated heterocycles. The Balaban J connectivity index is 1.71. The van der Waals surface area contributed by atoms with Crippen LogP contribution in [0.2, 0.25) is 0 Å². The van der Waals surface area contributed by atoms with Gasteiger partial charge >= 0.3 is 5.97 Å². The van der Waals surface area contributed by atoms with E-state index in [1.807, 2.05) is 30.3 Å². The van der Waals surface area contributed by atoms with Gasteiger partial charge in [-0.2, -0.15) is 0 Å². The van der Waals surface area contributed by atoms with Crippen LogP contribution < -0.4 is 0 Å². The number of aryl methyl sites for hydroxylation is 1. The second-order valence-corrected chi connectivity index (χ2v) is 9.09. The molecule has 142 valence electrons. The van der Waals surface area contributed by atoms with E-state index in [0.717, 1.165) is 16.5 Å². The van der Waals surface area contributed by atoms with E-state index in [2.05, 4.69) is 0 Å². The molecule has 1 aliphatic rings. The number of esters is 1. The molecule has 0 saturated carbocycles. The fourth-order valence-electron chi connectivity index (χ4n) is 2.78. The smallest absolute Gasteiger partial charge is 0.349 e. The molecular formula is C19H19NO5S2. The first-order valence-corrected chi connectivity index (χ1v) is 10.9. The first kappa shape index (κ1) is 19.3. The van der Waals surface area contributed by atoms with Crippen molar-refractivity contribution in [3.05, 3.63) is 69.3 Å². The van der Waals surface area contributed by atoms with Crippen LogP contribution in [-0.4, -0.2) is 43.6 Å². The second-order valence-electron chi connectivity index (χ2n) is 6.24. The molecule has 0 aliphatic carbocycles. The van der Waals surface area contributed by atoms with Crippen molar-refractivity contribution >= 4 is 33.1 Å². The van der Waals surface area contributed by atoms with Gasteiger partial charge in [-0.25, -0.2) is 13.2 Å². The highest BCUT2D eigenvalue weighted by atomic mass is 32.2. The van der Waals surface area contributed by atoms with E-state index in [4.69, 9.17) is 4.74 Å². The highest BCUT2D eigenvalue weighted by molar-refractivity contribution is 7.94. The zero-order valence-electron chi connectivity index (χ0n) is 14.7. The molecule has 0 bridgehead atoms. The molecule has 0 radical (unpaired) electrons. The van der Waals surface area contributed by atoms with Crippen LogP contribution in [-0.2, 0) is 25.9 Å². The van der Waals surface area contributed by atoms with Crippen molar-refractivity contribution in [3.8, 4) is 0 Å². The number of rotatable bonds is 6. The van der Waals surface area contributed by atoms with Gasteiger partial charge in [-0.1, -0.05) is 30.3 Å². The maximum Gasteiger partial charge on any atom is 0.349 e. The van der Waals surface area contributed by atoms with E-state index in [9.17, 15) is 18.0 Å². The minimum Gasteiger partial charge on any atom is -0.451 e. The number of benzene rings is 1. The minimum absolute atomic E-state index is 0.163. The summed E-state index contributed by atoms with van der Waals surface area (Å²) in [6.45, 7) is 1.60. The van der Waals surface area contributed by atoms with Gasteiger partial charge in [0.25, 0.3) is 5.91 Å². The SMILES string of the molecule is Cc1ccsc1C(=O)OCC(=O)N(Cc1ccccc1)[C@H]1C=CS(=O)(=O)C1. The standard InChI is InChI=1S/C19H19NO5S2/c1-14-7-9-26-18(14)19(22)25-12-17(21)20(11-15-5-3-2-4-6-15)16-8-10-27(23,24)13-16/h2-10,16H,11-13H2,1H3/t16-/m0/s1. The maximum atomic E-state index is 12.7. The Bertz CT molecular complexity index is 963. The van der Waals surface area contributed by atoms with Gasteiger partial charge in [-0.3, -0.25) is 4.79 Å². The summed E-state index contributed by atoms with van der Waals surface area (Å²) < 4.78 is 28.7. The Hall–Kier alpha value is -2.45. The van der Waals surface area contributed by atoms with Crippen molar-refractivity contribution < 1.29 is 22.7 Å². The van der Waals surface area contributed by atoms with Crippen molar-refractivity contribution in [2.24, 2.45) is 0 Å². The summed E-state index contributed by atoms with van der Waals surface area (Å²) in [4.78, 5) is 26.8. The lowest BCUT2D eigenvalue weighted by Gasteiger charge is -2.27. The van der Waals surface area contributed by atoms with Gasteiger partial charge in [-0.15, -0.1) is 11.3 Å². The number of amides is 1. The summed E-state index contributed by atoms with van der Waals surface area (Å²) >= 11 is 1.26. The number of sulfone groups is 1. The molecule has 2 heterocycles. The van der Waals surface area contributed by atoms with Gasteiger partial charge in [0, 0.05) is 12.0 Å². The van der Waals surface area contributed by atoms with Crippen LogP contribution >= 0.6 is 11.3 Å². The summed E-state index contributed by atoms with van der Waals surface area (Å²) in [6.07, 6.45) is 1.50. The predicted octanol–water partition coefficient (Wildman–Crippen LogP) is 2.55.